The van der Waals surface area contributed by atoms with Crippen molar-refractivity contribution in [3.63, 3.8) is 0 Å². The number of rotatable bonds is 7. The Hall–Kier alpha value is -0.0500. The molecule has 1 unspecified atom stereocenters. The van der Waals surface area contributed by atoms with E-state index in [1.165, 1.54) is 37.1 Å². The lowest BCUT2D eigenvalue weighted by Gasteiger charge is -2.12. The molecule has 1 saturated carbocycles. The number of hydrogen-bond acceptors (Lipinski definition) is 2. The monoisotopic (exact) mass is 257 g/mol. The highest BCUT2D eigenvalue weighted by atomic mass is 35.5. The second-order valence-electron chi connectivity index (χ2n) is 4.83. The molecule has 1 nitrogen and oxygen atoms in total. The van der Waals surface area contributed by atoms with Crippen molar-refractivity contribution in [1.29, 1.82) is 0 Å². The van der Waals surface area contributed by atoms with Crippen LogP contribution in [0.3, 0.4) is 0 Å². The molecule has 3 heteroatoms. The van der Waals surface area contributed by atoms with Gasteiger partial charge in [-0.15, -0.1) is 11.3 Å². The van der Waals surface area contributed by atoms with Crippen LogP contribution in [0.5, 0.6) is 0 Å². The third-order valence-electron chi connectivity index (χ3n) is 3.19. The fraction of sp³-hybridized carbons (Fsp3) is 0.692. The standard InChI is InChI=1S/C13H20ClNS/c1-10(15-9-8-11-3-4-11)2-5-12-6-7-13(14)16-12/h6-7,10-11,15H,2-5,8-9H2,1H3. The van der Waals surface area contributed by atoms with Gasteiger partial charge in [-0.1, -0.05) is 24.4 Å². The number of halogens is 1. The molecule has 1 aliphatic rings. The lowest BCUT2D eigenvalue weighted by molar-refractivity contribution is 0.496. The average Bonchev–Trinajstić information content (AvgIpc) is 2.98. The van der Waals surface area contributed by atoms with Gasteiger partial charge in [-0.2, -0.15) is 0 Å². The minimum absolute atomic E-state index is 0.625. The molecular weight excluding hydrogens is 238 g/mol. The normalized spacial score (nSPS) is 17.6. The lowest BCUT2D eigenvalue weighted by atomic mass is 10.1. The number of nitrogens with one attached hydrogen (secondary N) is 1. The maximum Gasteiger partial charge on any atom is 0.0931 e. The Bertz CT molecular complexity index is 319. The molecule has 2 rings (SSSR count). The van der Waals surface area contributed by atoms with E-state index in [4.69, 9.17) is 11.6 Å². The van der Waals surface area contributed by atoms with Crippen LogP contribution in [0, 0.1) is 5.92 Å². The number of thiophene rings is 1. The van der Waals surface area contributed by atoms with Crippen molar-refractivity contribution in [2.24, 2.45) is 5.92 Å². The minimum atomic E-state index is 0.625. The molecule has 1 fully saturated rings. The quantitative estimate of drug-likeness (QED) is 0.775. The van der Waals surface area contributed by atoms with Gasteiger partial charge >= 0.3 is 0 Å². The second-order valence-corrected chi connectivity index (χ2v) is 6.63. The molecule has 0 spiro atoms. The van der Waals surface area contributed by atoms with Crippen molar-refractivity contribution >= 4 is 22.9 Å². The summed E-state index contributed by atoms with van der Waals surface area (Å²) in [6.07, 6.45) is 6.65. The summed E-state index contributed by atoms with van der Waals surface area (Å²) in [5.41, 5.74) is 0. The Morgan fingerprint density at radius 2 is 2.31 bits per heavy atom. The molecule has 0 radical (unpaired) electrons. The highest BCUT2D eigenvalue weighted by Gasteiger charge is 2.20. The summed E-state index contributed by atoms with van der Waals surface area (Å²) in [6, 6.07) is 4.76. The van der Waals surface area contributed by atoms with Gasteiger partial charge in [0.15, 0.2) is 0 Å². The highest BCUT2D eigenvalue weighted by molar-refractivity contribution is 7.16. The number of hydrogen-bond donors (Lipinski definition) is 1. The molecule has 0 amide bonds. The molecule has 1 atom stereocenters. The van der Waals surface area contributed by atoms with Crippen molar-refractivity contribution in [2.75, 3.05) is 6.54 Å². The van der Waals surface area contributed by atoms with E-state index in [2.05, 4.69) is 18.3 Å². The Morgan fingerprint density at radius 1 is 1.50 bits per heavy atom. The first-order chi connectivity index (χ1) is 7.74. The Morgan fingerprint density at radius 3 is 2.94 bits per heavy atom. The summed E-state index contributed by atoms with van der Waals surface area (Å²) >= 11 is 7.61. The smallest absolute Gasteiger partial charge is 0.0931 e. The topological polar surface area (TPSA) is 12.0 Å². The minimum Gasteiger partial charge on any atom is -0.314 e. The van der Waals surface area contributed by atoms with Gasteiger partial charge in [-0.3, -0.25) is 0 Å². The molecule has 16 heavy (non-hydrogen) atoms. The molecule has 1 aromatic rings. The van der Waals surface area contributed by atoms with E-state index in [1.54, 1.807) is 11.3 Å². The van der Waals surface area contributed by atoms with Crippen LogP contribution in [0.15, 0.2) is 12.1 Å². The highest BCUT2D eigenvalue weighted by Crippen LogP contribution is 2.31. The van der Waals surface area contributed by atoms with E-state index in [9.17, 15) is 0 Å². The van der Waals surface area contributed by atoms with Crippen LogP contribution in [0.25, 0.3) is 0 Å². The zero-order chi connectivity index (χ0) is 11.4. The summed E-state index contributed by atoms with van der Waals surface area (Å²) in [5.74, 6) is 1.04. The zero-order valence-corrected chi connectivity index (χ0v) is 11.4. The van der Waals surface area contributed by atoms with E-state index in [0.29, 0.717) is 6.04 Å². The van der Waals surface area contributed by atoms with Crippen LogP contribution in [-0.4, -0.2) is 12.6 Å². The molecule has 0 bridgehead atoms. The molecule has 1 aliphatic carbocycles. The van der Waals surface area contributed by atoms with Crippen molar-refractivity contribution < 1.29 is 0 Å². The fourth-order valence-corrected chi connectivity index (χ4v) is 2.99. The van der Waals surface area contributed by atoms with Gasteiger partial charge in [0.05, 0.1) is 4.34 Å². The molecule has 0 aromatic carbocycles. The molecule has 0 aliphatic heterocycles. The van der Waals surface area contributed by atoms with E-state index >= 15 is 0 Å². The lowest BCUT2D eigenvalue weighted by Crippen LogP contribution is -2.27. The molecule has 0 saturated heterocycles. The van der Waals surface area contributed by atoms with E-state index in [0.717, 1.165) is 16.7 Å². The molecule has 1 heterocycles. The first-order valence-corrected chi connectivity index (χ1v) is 7.41. The van der Waals surface area contributed by atoms with Gasteiger partial charge < -0.3 is 5.32 Å². The predicted octanol–water partition coefficient (Wildman–Crippen LogP) is 4.11. The van der Waals surface area contributed by atoms with Gasteiger partial charge in [-0.05, 0) is 50.8 Å². The van der Waals surface area contributed by atoms with E-state index < -0.39 is 0 Å². The van der Waals surface area contributed by atoms with Crippen LogP contribution in [0.1, 0.15) is 37.5 Å². The molecular formula is C13H20ClNS. The molecule has 1 N–H and O–H groups in total. The van der Waals surface area contributed by atoms with Crippen LogP contribution < -0.4 is 5.32 Å². The van der Waals surface area contributed by atoms with Crippen molar-refractivity contribution in [3.8, 4) is 0 Å². The second kappa shape index (κ2) is 6.04. The van der Waals surface area contributed by atoms with Gasteiger partial charge in [-0.25, -0.2) is 0 Å². The van der Waals surface area contributed by atoms with Crippen LogP contribution >= 0.6 is 22.9 Å². The fourth-order valence-electron chi connectivity index (χ4n) is 1.89. The molecule has 90 valence electrons. The van der Waals surface area contributed by atoms with Crippen LogP contribution in [0.2, 0.25) is 4.34 Å². The maximum absolute atomic E-state index is 5.90. The van der Waals surface area contributed by atoms with E-state index in [1.807, 2.05) is 6.07 Å². The third-order valence-corrected chi connectivity index (χ3v) is 4.49. The van der Waals surface area contributed by atoms with Crippen molar-refractivity contribution in [3.05, 3.63) is 21.3 Å². The Balaban J connectivity index is 1.57. The predicted molar refractivity (Wildman–Crippen MR) is 72.5 cm³/mol. The van der Waals surface area contributed by atoms with Gasteiger partial charge in [0.1, 0.15) is 0 Å². The van der Waals surface area contributed by atoms with Crippen molar-refractivity contribution in [1.82, 2.24) is 5.32 Å². The summed E-state index contributed by atoms with van der Waals surface area (Å²) < 4.78 is 0.907. The average molecular weight is 258 g/mol. The van der Waals surface area contributed by atoms with Crippen LogP contribution in [-0.2, 0) is 6.42 Å². The zero-order valence-electron chi connectivity index (χ0n) is 9.84. The molecule has 1 aromatic heterocycles. The summed E-state index contributed by atoms with van der Waals surface area (Å²) in [4.78, 5) is 1.40. The first kappa shape index (κ1) is 12.4. The summed E-state index contributed by atoms with van der Waals surface area (Å²) in [6.45, 7) is 3.47. The van der Waals surface area contributed by atoms with Gasteiger partial charge in [0.25, 0.3) is 0 Å². The van der Waals surface area contributed by atoms with Crippen LogP contribution in [0.4, 0.5) is 0 Å². The van der Waals surface area contributed by atoms with Gasteiger partial charge in [0, 0.05) is 10.9 Å². The summed E-state index contributed by atoms with van der Waals surface area (Å²) in [7, 11) is 0. The maximum atomic E-state index is 5.90. The summed E-state index contributed by atoms with van der Waals surface area (Å²) in [5, 5.41) is 3.60. The third kappa shape index (κ3) is 4.44. The van der Waals surface area contributed by atoms with Gasteiger partial charge in [0.2, 0.25) is 0 Å². The Kier molecular flexibility index (Phi) is 4.68. The SMILES string of the molecule is CC(CCc1ccc(Cl)s1)NCCC1CC1. The largest absolute Gasteiger partial charge is 0.314 e. The van der Waals surface area contributed by atoms with E-state index in [-0.39, 0.29) is 0 Å². The number of aryl methyl sites for hydroxylation is 1. The van der Waals surface area contributed by atoms with Crippen molar-refractivity contribution in [2.45, 2.75) is 45.1 Å². The Labute approximate surface area is 107 Å². The first-order valence-electron chi connectivity index (χ1n) is 6.21.